The van der Waals surface area contributed by atoms with E-state index in [9.17, 15) is 18.0 Å². The van der Waals surface area contributed by atoms with Gasteiger partial charge in [-0.15, -0.1) is 0 Å². The number of para-hydroxylation sites is 2. The van der Waals surface area contributed by atoms with Gasteiger partial charge in [0.25, 0.3) is 15.9 Å². The molecule has 0 radical (unpaired) electrons. The highest BCUT2D eigenvalue weighted by molar-refractivity contribution is 7.92. The van der Waals surface area contributed by atoms with Crippen molar-refractivity contribution in [1.82, 2.24) is 5.32 Å². The van der Waals surface area contributed by atoms with Gasteiger partial charge in [0.1, 0.15) is 12.3 Å². The molecule has 0 fully saturated rings. The van der Waals surface area contributed by atoms with Crippen LogP contribution in [0.2, 0.25) is 0 Å². The Morgan fingerprint density at radius 2 is 1.56 bits per heavy atom. The largest absolute Gasteiger partial charge is 0.494 e. The van der Waals surface area contributed by atoms with E-state index in [1.807, 2.05) is 13.8 Å². The highest BCUT2D eigenvalue weighted by Crippen LogP contribution is 2.25. The number of benzene rings is 3. The van der Waals surface area contributed by atoms with Gasteiger partial charge in [-0.2, -0.15) is 0 Å². The third-order valence-corrected chi connectivity index (χ3v) is 7.10. The quantitative estimate of drug-likeness (QED) is 0.351. The molecule has 36 heavy (non-hydrogen) atoms. The van der Waals surface area contributed by atoms with Crippen LogP contribution in [0.5, 0.6) is 5.75 Å². The van der Waals surface area contributed by atoms with Crippen molar-refractivity contribution < 1.29 is 22.7 Å². The van der Waals surface area contributed by atoms with E-state index in [1.165, 1.54) is 12.1 Å². The second-order valence-corrected chi connectivity index (χ2v) is 9.82. The van der Waals surface area contributed by atoms with Gasteiger partial charge >= 0.3 is 0 Å². The number of sulfonamides is 1. The van der Waals surface area contributed by atoms with Gasteiger partial charge in [-0.25, -0.2) is 8.42 Å². The van der Waals surface area contributed by atoms with Gasteiger partial charge in [-0.1, -0.05) is 43.7 Å². The average molecular weight is 510 g/mol. The number of rotatable bonds is 12. The summed E-state index contributed by atoms with van der Waals surface area (Å²) in [5.41, 5.74) is 0.956. The molecule has 190 valence electrons. The smallest absolute Gasteiger partial charge is 0.264 e. The van der Waals surface area contributed by atoms with Crippen LogP contribution in [-0.2, 0) is 14.8 Å². The summed E-state index contributed by atoms with van der Waals surface area (Å²) >= 11 is 0. The highest BCUT2D eigenvalue weighted by Gasteiger charge is 2.27. The minimum Gasteiger partial charge on any atom is -0.494 e. The van der Waals surface area contributed by atoms with Crippen LogP contribution in [0.4, 0.5) is 11.4 Å². The van der Waals surface area contributed by atoms with E-state index < -0.39 is 22.5 Å². The van der Waals surface area contributed by atoms with Crippen molar-refractivity contribution in [2.75, 3.05) is 29.3 Å². The molecule has 0 spiro atoms. The normalized spacial score (nSPS) is 10.9. The average Bonchev–Trinajstić information content (AvgIpc) is 2.88. The number of amides is 2. The molecular weight excluding hydrogens is 478 g/mol. The van der Waals surface area contributed by atoms with Gasteiger partial charge in [0.05, 0.1) is 28.4 Å². The maximum absolute atomic E-state index is 13.6. The van der Waals surface area contributed by atoms with Crippen molar-refractivity contribution >= 4 is 33.2 Å². The van der Waals surface area contributed by atoms with Gasteiger partial charge in [0, 0.05) is 6.54 Å². The summed E-state index contributed by atoms with van der Waals surface area (Å²) in [7, 11) is -4.08. The van der Waals surface area contributed by atoms with Crippen LogP contribution in [0.15, 0.2) is 83.8 Å². The van der Waals surface area contributed by atoms with Crippen LogP contribution >= 0.6 is 0 Å². The third-order valence-electron chi connectivity index (χ3n) is 5.32. The maximum Gasteiger partial charge on any atom is 0.264 e. The first kappa shape index (κ1) is 26.7. The molecular formula is C27H31N3O5S. The van der Waals surface area contributed by atoms with Crippen LogP contribution in [-0.4, -0.2) is 39.9 Å². The first-order valence-electron chi connectivity index (χ1n) is 11.8. The van der Waals surface area contributed by atoms with E-state index in [-0.39, 0.29) is 10.8 Å². The Labute approximate surface area is 212 Å². The fourth-order valence-electron chi connectivity index (χ4n) is 3.50. The van der Waals surface area contributed by atoms with Crippen molar-refractivity contribution in [2.45, 2.75) is 31.6 Å². The molecule has 3 aromatic carbocycles. The summed E-state index contributed by atoms with van der Waals surface area (Å²) in [4.78, 5) is 25.7. The predicted molar refractivity (Wildman–Crippen MR) is 141 cm³/mol. The third kappa shape index (κ3) is 6.85. The lowest BCUT2D eigenvalue weighted by Crippen LogP contribution is -2.38. The minimum atomic E-state index is -4.08. The first-order chi connectivity index (χ1) is 17.4. The Bertz CT molecular complexity index is 1260. The summed E-state index contributed by atoms with van der Waals surface area (Å²) in [6.45, 7) is 4.37. The van der Waals surface area contributed by atoms with Crippen molar-refractivity contribution in [3.63, 3.8) is 0 Å². The van der Waals surface area contributed by atoms with Crippen molar-refractivity contribution in [2.24, 2.45) is 0 Å². The monoisotopic (exact) mass is 509 g/mol. The highest BCUT2D eigenvalue weighted by atomic mass is 32.2. The molecule has 0 aromatic heterocycles. The van der Waals surface area contributed by atoms with E-state index in [2.05, 4.69) is 10.6 Å². The van der Waals surface area contributed by atoms with Gasteiger partial charge in [0.15, 0.2) is 0 Å². The molecule has 0 saturated carbocycles. The van der Waals surface area contributed by atoms with Gasteiger partial charge in [-0.05, 0) is 61.9 Å². The lowest BCUT2D eigenvalue weighted by molar-refractivity contribution is -0.114. The number of carbonyl (C=O) groups excluding carboxylic acids is 2. The number of unbranched alkanes of at least 4 members (excludes halogenated alkanes) is 1. The molecule has 0 aliphatic carbocycles. The lowest BCUT2D eigenvalue weighted by atomic mass is 10.1. The van der Waals surface area contributed by atoms with Crippen molar-refractivity contribution in [3.8, 4) is 5.75 Å². The number of nitrogens with one attached hydrogen (secondary N) is 2. The van der Waals surface area contributed by atoms with Gasteiger partial charge in [0.2, 0.25) is 5.91 Å². The van der Waals surface area contributed by atoms with E-state index in [1.54, 1.807) is 66.7 Å². The number of hydrogen-bond acceptors (Lipinski definition) is 5. The van der Waals surface area contributed by atoms with Crippen LogP contribution in [0.3, 0.4) is 0 Å². The van der Waals surface area contributed by atoms with Gasteiger partial charge in [-0.3, -0.25) is 13.9 Å². The molecule has 0 atom stereocenters. The van der Waals surface area contributed by atoms with Gasteiger partial charge < -0.3 is 15.4 Å². The zero-order valence-electron chi connectivity index (χ0n) is 20.4. The maximum atomic E-state index is 13.6. The topological polar surface area (TPSA) is 105 Å². The van der Waals surface area contributed by atoms with E-state index in [4.69, 9.17) is 4.74 Å². The zero-order chi connectivity index (χ0) is 26.0. The summed E-state index contributed by atoms with van der Waals surface area (Å²) < 4.78 is 33.6. The van der Waals surface area contributed by atoms with Crippen LogP contribution < -0.4 is 19.7 Å². The van der Waals surface area contributed by atoms with Crippen LogP contribution in [0, 0.1) is 0 Å². The fourth-order valence-corrected chi connectivity index (χ4v) is 4.92. The Hall–Kier alpha value is -3.85. The summed E-state index contributed by atoms with van der Waals surface area (Å²) in [5, 5.41) is 5.54. The zero-order valence-corrected chi connectivity index (χ0v) is 21.3. The van der Waals surface area contributed by atoms with E-state index in [0.717, 1.165) is 17.1 Å². The standard InChI is InChI=1S/C27H31N3O5S/c1-3-5-19-28-27(32)24-13-9-10-14-25(24)29-26(31)20-30(21-11-7-6-8-12-21)36(33,34)23-17-15-22(16-18-23)35-4-2/h6-18H,3-5,19-20H2,1-2H3,(H,28,32)(H,29,31). The second-order valence-electron chi connectivity index (χ2n) is 7.95. The molecule has 8 nitrogen and oxygen atoms in total. The number of hydrogen-bond donors (Lipinski definition) is 2. The first-order valence-corrected chi connectivity index (χ1v) is 13.3. The van der Waals surface area contributed by atoms with Crippen LogP contribution in [0.25, 0.3) is 0 Å². The minimum absolute atomic E-state index is 0.0262. The summed E-state index contributed by atoms with van der Waals surface area (Å²) in [6.07, 6.45) is 1.78. The predicted octanol–water partition coefficient (Wildman–Crippen LogP) is 4.45. The number of anilines is 2. The molecule has 3 aromatic rings. The molecule has 0 bridgehead atoms. The molecule has 2 N–H and O–H groups in total. The SMILES string of the molecule is CCCCNC(=O)c1ccccc1NC(=O)CN(c1ccccc1)S(=O)(=O)c1ccc(OCC)cc1. The Balaban J connectivity index is 1.85. The molecule has 0 saturated heterocycles. The number of carbonyl (C=O) groups is 2. The molecule has 0 aliphatic heterocycles. The van der Waals surface area contributed by atoms with Crippen LogP contribution in [0.1, 0.15) is 37.0 Å². The Morgan fingerprint density at radius 3 is 2.22 bits per heavy atom. The lowest BCUT2D eigenvalue weighted by Gasteiger charge is -2.24. The second kappa shape index (κ2) is 12.7. The molecule has 0 unspecified atom stereocenters. The number of ether oxygens (including phenoxy) is 1. The fraction of sp³-hybridized carbons (Fsp3) is 0.259. The molecule has 9 heteroatoms. The summed E-state index contributed by atoms with van der Waals surface area (Å²) in [5.74, 6) is -0.335. The van der Waals surface area contributed by atoms with Crippen molar-refractivity contribution in [1.29, 1.82) is 0 Å². The Morgan fingerprint density at radius 1 is 0.889 bits per heavy atom. The molecule has 0 aliphatic rings. The summed E-state index contributed by atoms with van der Waals surface area (Å²) in [6, 6.07) is 21.1. The van der Waals surface area contributed by atoms with E-state index >= 15 is 0 Å². The molecule has 3 rings (SSSR count). The van der Waals surface area contributed by atoms with E-state index in [0.29, 0.717) is 35.8 Å². The number of nitrogens with zero attached hydrogens (tertiary/aromatic N) is 1. The Kier molecular flexibility index (Phi) is 9.46. The molecule has 0 heterocycles. The van der Waals surface area contributed by atoms with Crippen molar-refractivity contribution in [3.05, 3.63) is 84.4 Å². The molecule has 2 amide bonds.